The SMILES string of the molecule is CN1N=C(C(=O)Nc2ccc(Cl)cc2C(=O)O)CCC1=O. The molecule has 7 nitrogen and oxygen atoms in total. The molecule has 0 bridgehead atoms. The Bertz CT molecular complexity index is 657. The van der Waals surface area contributed by atoms with Gasteiger partial charge in [0.1, 0.15) is 5.71 Å². The maximum atomic E-state index is 12.1. The number of carbonyl (C=O) groups excluding carboxylic acids is 2. The quantitative estimate of drug-likeness (QED) is 0.885. The molecule has 0 aromatic heterocycles. The molecule has 1 aromatic rings. The van der Waals surface area contributed by atoms with Gasteiger partial charge in [-0.1, -0.05) is 11.6 Å². The molecule has 0 radical (unpaired) electrons. The van der Waals surface area contributed by atoms with Gasteiger partial charge in [0.05, 0.1) is 11.3 Å². The number of amides is 2. The van der Waals surface area contributed by atoms with Gasteiger partial charge in [-0.25, -0.2) is 9.80 Å². The Hall–Kier alpha value is -2.41. The number of carboxylic acids is 1. The van der Waals surface area contributed by atoms with Crippen LogP contribution in [0.4, 0.5) is 5.69 Å². The van der Waals surface area contributed by atoms with Crippen LogP contribution in [0, 0.1) is 0 Å². The van der Waals surface area contributed by atoms with Gasteiger partial charge < -0.3 is 10.4 Å². The molecule has 1 aromatic carbocycles. The third kappa shape index (κ3) is 3.38. The molecule has 0 fully saturated rings. The van der Waals surface area contributed by atoms with E-state index in [1.807, 2.05) is 0 Å². The number of hydrazone groups is 1. The van der Waals surface area contributed by atoms with Crippen molar-refractivity contribution in [3.8, 4) is 0 Å². The zero-order chi connectivity index (χ0) is 15.6. The number of hydrogen-bond donors (Lipinski definition) is 2. The van der Waals surface area contributed by atoms with Crippen LogP contribution < -0.4 is 5.32 Å². The normalized spacial score (nSPS) is 14.7. The highest BCUT2D eigenvalue weighted by atomic mass is 35.5. The Morgan fingerprint density at radius 1 is 1.38 bits per heavy atom. The fourth-order valence-corrected chi connectivity index (χ4v) is 2.00. The number of benzene rings is 1. The van der Waals surface area contributed by atoms with Crippen LogP contribution in [0.15, 0.2) is 23.3 Å². The van der Waals surface area contributed by atoms with Gasteiger partial charge in [-0.3, -0.25) is 9.59 Å². The lowest BCUT2D eigenvalue weighted by molar-refractivity contribution is -0.130. The van der Waals surface area contributed by atoms with E-state index >= 15 is 0 Å². The van der Waals surface area contributed by atoms with Crippen LogP contribution >= 0.6 is 11.6 Å². The standard InChI is InChI=1S/C13H12ClN3O4/c1-17-11(18)5-4-10(16-17)12(19)15-9-3-2-7(14)6-8(9)13(20)21/h2-3,6H,4-5H2,1H3,(H,15,19)(H,20,21). The highest BCUT2D eigenvalue weighted by Crippen LogP contribution is 2.21. The lowest BCUT2D eigenvalue weighted by Gasteiger charge is -2.19. The van der Waals surface area contributed by atoms with Crippen LogP contribution in [0.5, 0.6) is 0 Å². The maximum absolute atomic E-state index is 12.1. The zero-order valence-electron chi connectivity index (χ0n) is 11.1. The number of halogens is 1. The highest BCUT2D eigenvalue weighted by molar-refractivity contribution is 6.44. The number of carboxylic acid groups (broad SMARTS) is 1. The Morgan fingerprint density at radius 2 is 2.10 bits per heavy atom. The zero-order valence-corrected chi connectivity index (χ0v) is 11.8. The lowest BCUT2D eigenvalue weighted by Crippen LogP contribution is -2.34. The monoisotopic (exact) mass is 309 g/mol. The first-order valence-electron chi connectivity index (χ1n) is 6.06. The second-order valence-electron chi connectivity index (χ2n) is 4.41. The second-order valence-corrected chi connectivity index (χ2v) is 4.85. The van der Waals surface area contributed by atoms with E-state index in [1.165, 1.54) is 25.2 Å². The van der Waals surface area contributed by atoms with E-state index in [9.17, 15) is 14.4 Å². The third-order valence-corrected chi connectivity index (χ3v) is 3.16. The van der Waals surface area contributed by atoms with Gasteiger partial charge in [0.2, 0.25) is 5.91 Å². The molecule has 0 saturated carbocycles. The predicted molar refractivity (Wildman–Crippen MR) is 76.5 cm³/mol. The van der Waals surface area contributed by atoms with Crippen LogP contribution in [-0.4, -0.2) is 40.7 Å². The van der Waals surface area contributed by atoms with Gasteiger partial charge in [-0.15, -0.1) is 0 Å². The molecule has 110 valence electrons. The number of anilines is 1. The van der Waals surface area contributed by atoms with E-state index in [-0.39, 0.29) is 40.7 Å². The molecular weight excluding hydrogens is 298 g/mol. The molecule has 0 saturated heterocycles. The van der Waals surface area contributed by atoms with E-state index in [1.54, 1.807) is 0 Å². The van der Waals surface area contributed by atoms with Crippen molar-refractivity contribution in [2.45, 2.75) is 12.8 Å². The summed E-state index contributed by atoms with van der Waals surface area (Å²) in [4.78, 5) is 34.5. The first kappa shape index (κ1) is 15.0. The van der Waals surface area contributed by atoms with Crippen LogP contribution in [0.1, 0.15) is 23.2 Å². The minimum atomic E-state index is -1.20. The number of hydrogen-bond acceptors (Lipinski definition) is 4. The van der Waals surface area contributed by atoms with Crippen LogP contribution in [-0.2, 0) is 9.59 Å². The topological polar surface area (TPSA) is 99.1 Å². The summed E-state index contributed by atoms with van der Waals surface area (Å²) in [5.74, 6) is -1.92. The average molecular weight is 310 g/mol. The van der Waals surface area contributed by atoms with Crippen LogP contribution in [0.25, 0.3) is 0 Å². The van der Waals surface area contributed by atoms with Gasteiger partial charge in [-0.05, 0) is 18.2 Å². The third-order valence-electron chi connectivity index (χ3n) is 2.93. The molecule has 8 heteroatoms. The molecule has 2 N–H and O–H groups in total. The number of nitrogens with one attached hydrogen (secondary N) is 1. The minimum absolute atomic E-state index is 0.114. The summed E-state index contributed by atoms with van der Waals surface area (Å²) in [6.45, 7) is 0. The summed E-state index contributed by atoms with van der Waals surface area (Å²) in [6.07, 6.45) is 0.403. The molecule has 0 aliphatic carbocycles. The van der Waals surface area contributed by atoms with Crippen molar-refractivity contribution < 1.29 is 19.5 Å². The first-order valence-corrected chi connectivity index (χ1v) is 6.44. The van der Waals surface area contributed by atoms with E-state index < -0.39 is 11.9 Å². The molecule has 1 aliphatic rings. The molecule has 2 amide bonds. The predicted octanol–water partition coefficient (Wildman–Crippen LogP) is 1.58. The van der Waals surface area contributed by atoms with Gasteiger partial charge in [0.25, 0.3) is 5.91 Å². The molecule has 1 heterocycles. The summed E-state index contributed by atoms with van der Waals surface area (Å²) >= 11 is 5.74. The van der Waals surface area contributed by atoms with Gasteiger partial charge >= 0.3 is 5.97 Å². The van der Waals surface area contributed by atoms with E-state index in [0.29, 0.717) is 0 Å². The van der Waals surface area contributed by atoms with Crippen molar-refractivity contribution in [2.75, 3.05) is 12.4 Å². The molecule has 21 heavy (non-hydrogen) atoms. The minimum Gasteiger partial charge on any atom is -0.478 e. The Balaban J connectivity index is 2.23. The fraction of sp³-hybridized carbons (Fsp3) is 0.231. The number of nitrogens with zero attached hydrogens (tertiary/aromatic N) is 2. The van der Waals surface area contributed by atoms with Crippen molar-refractivity contribution in [2.24, 2.45) is 5.10 Å². The van der Waals surface area contributed by atoms with Crippen LogP contribution in [0.3, 0.4) is 0 Å². The maximum Gasteiger partial charge on any atom is 0.337 e. The molecule has 0 atom stereocenters. The van der Waals surface area contributed by atoms with Crippen molar-refractivity contribution in [3.63, 3.8) is 0 Å². The van der Waals surface area contributed by atoms with E-state index in [2.05, 4.69) is 10.4 Å². The second kappa shape index (κ2) is 5.92. The number of rotatable bonds is 3. The van der Waals surface area contributed by atoms with Crippen molar-refractivity contribution >= 4 is 40.8 Å². The first-order chi connectivity index (χ1) is 9.88. The Labute approximate surface area is 125 Å². The Morgan fingerprint density at radius 3 is 2.71 bits per heavy atom. The average Bonchev–Trinajstić information content (AvgIpc) is 2.43. The van der Waals surface area contributed by atoms with Crippen LogP contribution in [0.2, 0.25) is 5.02 Å². The fourth-order valence-electron chi connectivity index (χ4n) is 1.83. The number of carbonyl (C=O) groups is 3. The van der Waals surface area contributed by atoms with Crippen molar-refractivity contribution in [3.05, 3.63) is 28.8 Å². The molecule has 0 unspecified atom stereocenters. The lowest BCUT2D eigenvalue weighted by atomic mass is 10.1. The molecular formula is C13H12ClN3O4. The van der Waals surface area contributed by atoms with E-state index in [4.69, 9.17) is 16.7 Å². The van der Waals surface area contributed by atoms with Gasteiger partial charge in [0.15, 0.2) is 0 Å². The Kier molecular flexibility index (Phi) is 4.23. The molecule has 0 spiro atoms. The highest BCUT2D eigenvalue weighted by Gasteiger charge is 2.23. The summed E-state index contributed by atoms with van der Waals surface area (Å²) in [7, 11) is 1.46. The largest absolute Gasteiger partial charge is 0.478 e. The van der Waals surface area contributed by atoms with E-state index in [0.717, 1.165) is 5.01 Å². The summed E-state index contributed by atoms with van der Waals surface area (Å²) in [5, 5.41) is 16.8. The smallest absolute Gasteiger partial charge is 0.337 e. The summed E-state index contributed by atoms with van der Waals surface area (Å²) in [6, 6.07) is 4.13. The van der Waals surface area contributed by atoms with Gasteiger partial charge in [0, 0.05) is 24.9 Å². The van der Waals surface area contributed by atoms with Crippen molar-refractivity contribution in [1.82, 2.24) is 5.01 Å². The molecule has 2 rings (SSSR count). The molecule has 1 aliphatic heterocycles. The number of aromatic carboxylic acids is 1. The summed E-state index contributed by atoms with van der Waals surface area (Å²) in [5.41, 5.74) is 0.180. The van der Waals surface area contributed by atoms with Crippen molar-refractivity contribution in [1.29, 1.82) is 0 Å². The van der Waals surface area contributed by atoms with Gasteiger partial charge in [-0.2, -0.15) is 5.10 Å². The summed E-state index contributed by atoms with van der Waals surface area (Å²) < 4.78 is 0.